The lowest BCUT2D eigenvalue weighted by Crippen LogP contribution is -2.44. The van der Waals surface area contributed by atoms with Crippen LogP contribution in [0.15, 0.2) is 18.2 Å². The predicted molar refractivity (Wildman–Crippen MR) is 90.3 cm³/mol. The predicted octanol–water partition coefficient (Wildman–Crippen LogP) is 3.38. The number of methoxy groups -OCH3 is 2. The fourth-order valence-electron chi connectivity index (χ4n) is 2.91. The normalized spacial score (nSPS) is 21.8. The molecule has 0 bridgehead atoms. The molecular weight excluding hydrogens is 284 g/mol. The molecule has 1 aliphatic heterocycles. The van der Waals surface area contributed by atoms with E-state index in [1.165, 1.54) is 6.42 Å². The molecule has 0 amide bonds. The van der Waals surface area contributed by atoms with Crippen molar-refractivity contribution in [1.29, 1.82) is 0 Å². The maximum absolute atomic E-state index is 5.55. The molecule has 1 fully saturated rings. The van der Waals surface area contributed by atoms with E-state index in [9.17, 15) is 0 Å². The van der Waals surface area contributed by atoms with Gasteiger partial charge in [-0.25, -0.2) is 0 Å². The van der Waals surface area contributed by atoms with Crippen LogP contribution in [0, 0.1) is 11.8 Å². The van der Waals surface area contributed by atoms with Crippen LogP contribution in [-0.4, -0.2) is 37.3 Å². The molecule has 1 aliphatic rings. The summed E-state index contributed by atoms with van der Waals surface area (Å²) in [6, 6.07) is 5.69. The zero-order chi connectivity index (χ0) is 15.4. The summed E-state index contributed by atoms with van der Waals surface area (Å²) in [6.45, 7) is 6.58. The van der Waals surface area contributed by atoms with Gasteiger partial charge in [0.15, 0.2) is 5.11 Å². The molecule has 21 heavy (non-hydrogen) atoms. The maximum atomic E-state index is 5.55. The zero-order valence-electron chi connectivity index (χ0n) is 13.2. The smallest absolute Gasteiger partial charge is 0.173 e. The molecule has 0 saturated carbocycles. The Bertz CT molecular complexity index is 475. The Balaban J connectivity index is 2.08. The monoisotopic (exact) mass is 308 g/mol. The van der Waals surface area contributed by atoms with E-state index in [-0.39, 0.29) is 0 Å². The summed E-state index contributed by atoms with van der Waals surface area (Å²) in [5.74, 6) is 2.85. The number of hydrogen-bond acceptors (Lipinski definition) is 3. The number of ether oxygens (including phenoxy) is 2. The summed E-state index contributed by atoms with van der Waals surface area (Å²) in [6.07, 6.45) is 1.27. The topological polar surface area (TPSA) is 33.7 Å². The molecule has 1 aromatic rings. The van der Waals surface area contributed by atoms with Gasteiger partial charge in [-0.2, -0.15) is 0 Å². The van der Waals surface area contributed by atoms with E-state index in [1.54, 1.807) is 14.2 Å². The van der Waals surface area contributed by atoms with Crippen molar-refractivity contribution in [2.24, 2.45) is 11.8 Å². The van der Waals surface area contributed by atoms with Crippen molar-refractivity contribution < 1.29 is 9.47 Å². The fourth-order valence-corrected chi connectivity index (χ4v) is 3.18. The lowest BCUT2D eigenvalue weighted by Gasteiger charge is -2.36. The molecular formula is C16H24N2O2S. The number of likely N-dealkylation sites (tertiary alicyclic amines) is 1. The average molecular weight is 308 g/mol. The number of piperidine rings is 1. The second-order valence-electron chi connectivity index (χ2n) is 5.88. The van der Waals surface area contributed by atoms with Gasteiger partial charge in [0.2, 0.25) is 0 Å². The van der Waals surface area contributed by atoms with Crippen molar-refractivity contribution in [3.8, 4) is 11.5 Å². The van der Waals surface area contributed by atoms with Gasteiger partial charge in [-0.3, -0.25) is 0 Å². The average Bonchev–Trinajstić information content (AvgIpc) is 2.45. The molecule has 1 aromatic carbocycles. The van der Waals surface area contributed by atoms with Crippen molar-refractivity contribution in [3.05, 3.63) is 18.2 Å². The molecule has 4 nitrogen and oxygen atoms in total. The summed E-state index contributed by atoms with van der Waals surface area (Å²) in [5, 5.41) is 4.07. The zero-order valence-corrected chi connectivity index (χ0v) is 14.0. The van der Waals surface area contributed by atoms with Crippen molar-refractivity contribution in [1.82, 2.24) is 4.90 Å². The molecule has 2 rings (SSSR count). The number of thiocarbonyl (C=S) groups is 1. The van der Waals surface area contributed by atoms with Gasteiger partial charge in [-0.05, 0) is 30.5 Å². The summed E-state index contributed by atoms with van der Waals surface area (Å²) in [7, 11) is 3.29. The quantitative estimate of drug-likeness (QED) is 0.866. The van der Waals surface area contributed by atoms with Crippen molar-refractivity contribution in [3.63, 3.8) is 0 Å². The van der Waals surface area contributed by atoms with Gasteiger partial charge in [0.25, 0.3) is 0 Å². The van der Waals surface area contributed by atoms with Gasteiger partial charge >= 0.3 is 0 Å². The Morgan fingerprint density at radius 3 is 2.10 bits per heavy atom. The van der Waals surface area contributed by atoms with E-state index in [2.05, 4.69) is 24.1 Å². The van der Waals surface area contributed by atoms with Crippen molar-refractivity contribution >= 4 is 23.0 Å². The number of benzene rings is 1. The number of nitrogens with one attached hydrogen (secondary N) is 1. The fraction of sp³-hybridized carbons (Fsp3) is 0.562. The minimum atomic E-state index is 0.674. The third-order valence-corrected chi connectivity index (χ3v) is 4.12. The SMILES string of the molecule is COc1cc(NC(=S)N2CC(C)CC(C)C2)cc(OC)c1. The first-order valence-corrected chi connectivity index (χ1v) is 7.71. The highest BCUT2D eigenvalue weighted by Gasteiger charge is 2.23. The van der Waals surface area contributed by atoms with E-state index >= 15 is 0 Å². The Morgan fingerprint density at radius 2 is 1.62 bits per heavy atom. The van der Waals surface area contributed by atoms with E-state index in [0.29, 0.717) is 11.8 Å². The Labute approximate surface area is 132 Å². The first-order chi connectivity index (χ1) is 10.0. The molecule has 116 valence electrons. The van der Waals surface area contributed by atoms with Crippen molar-refractivity contribution in [2.75, 3.05) is 32.6 Å². The highest BCUT2D eigenvalue weighted by atomic mass is 32.1. The molecule has 1 N–H and O–H groups in total. The lowest BCUT2D eigenvalue weighted by molar-refractivity contribution is 0.216. The summed E-state index contributed by atoms with van der Waals surface area (Å²) >= 11 is 5.55. The molecule has 1 saturated heterocycles. The largest absolute Gasteiger partial charge is 0.497 e. The summed E-state index contributed by atoms with van der Waals surface area (Å²) in [4.78, 5) is 2.25. The second-order valence-corrected chi connectivity index (χ2v) is 6.27. The number of nitrogens with zero attached hydrogens (tertiary/aromatic N) is 1. The third kappa shape index (κ3) is 4.24. The number of hydrogen-bond donors (Lipinski definition) is 1. The standard InChI is InChI=1S/C16H24N2O2S/c1-11-5-12(2)10-18(9-11)16(21)17-13-6-14(19-3)8-15(7-13)20-4/h6-8,11-12H,5,9-10H2,1-4H3,(H,17,21). The highest BCUT2D eigenvalue weighted by molar-refractivity contribution is 7.80. The van der Waals surface area contributed by atoms with Crippen LogP contribution in [0.5, 0.6) is 11.5 Å². The van der Waals surface area contributed by atoms with Gasteiger partial charge < -0.3 is 19.7 Å². The van der Waals surface area contributed by atoms with Gasteiger partial charge in [0, 0.05) is 37.0 Å². The molecule has 0 radical (unpaired) electrons. The Kier molecular flexibility index (Phi) is 5.28. The summed E-state index contributed by atoms with van der Waals surface area (Å²) < 4.78 is 10.6. The van der Waals surface area contributed by atoms with Crippen LogP contribution in [0.1, 0.15) is 20.3 Å². The molecule has 2 unspecified atom stereocenters. The molecule has 1 heterocycles. The molecule has 0 aromatic heterocycles. The van der Waals surface area contributed by atoms with Gasteiger partial charge in [0.05, 0.1) is 14.2 Å². The van der Waals surface area contributed by atoms with Crippen LogP contribution in [-0.2, 0) is 0 Å². The third-order valence-electron chi connectivity index (χ3n) is 3.76. The number of anilines is 1. The first kappa shape index (κ1) is 15.9. The van der Waals surface area contributed by atoms with Gasteiger partial charge in [0.1, 0.15) is 11.5 Å². The van der Waals surface area contributed by atoms with Crippen LogP contribution in [0.2, 0.25) is 0 Å². The molecule has 0 spiro atoms. The Hall–Kier alpha value is -1.49. The van der Waals surface area contributed by atoms with E-state index in [0.717, 1.165) is 35.4 Å². The van der Waals surface area contributed by atoms with Crippen molar-refractivity contribution in [2.45, 2.75) is 20.3 Å². The maximum Gasteiger partial charge on any atom is 0.173 e. The molecule has 0 aliphatic carbocycles. The van der Waals surface area contributed by atoms with E-state index in [4.69, 9.17) is 21.7 Å². The van der Waals surface area contributed by atoms with E-state index in [1.807, 2.05) is 18.2 Å². The van der Waals surface area contributed by atoms with Crippen LogP contribution in [0.25, 0.3) is 0 Å². The Morgan fingerprint density at radius 1 is 1.10 bits per heavy atom. The minimum Gasteiger partial charge on any atom is -0.497 e. The second kappa shape index (κ2) is 6.98. The highest BCUT2D eigenvalue weighted by Crippen LogP contribution is 2.27. The van der Waals surface area contributed by atoms with Crippen LogP contribution >= 0.6 is 12.2 Å². The van der Waals surface area contributed by atoms with E-state index < -0.39 is 0 Å². The molecule has 2 atom stereocenters. The summed E-state index contributed by atoms with van der Waals surface area (Å²) in [5.41, 5.74) is 0.891. The number of rotatable bonds is 3. The van der Waals surface area contributed by atoms with Crippen LogP contribution in [0.3, 0.4) is 0 Å². The minimum absolute atomic E-state index is 0.674. The molecule has 5 heteroatoms. The first-order valence-electron chi connectivity index (χ1n) is 7.30. The van der Waals surface area contributed by atoms with Crippen LogP contribution < -0.4 is 14.8 Å². The van der Waals surface area contributed by atoms with Crippen LogP contribution in [0.4, 0.5) is 5.69 Å². The van der Waals surface area contributed by atoms with Gasteiger partial charge in [-0.15, -0.1) is 0 Å². The van der Waals surface area contributed by atoms with Gasteiger partial charge in [-0.1, -0.05) is 13.8 Å². The lowest BCUT2D eigenvalue weighted by atomic mass is 9.92.